The molecule has 0 radical (unpaired) electrons. The van der Waals surface area contributed by atoms with Crippen molar-refractivity contribution in [3.05, 3.63) is 4.88 Å². The molecule has 7 heteroatoms. The van der Waals surface area contributed by atoms with Crippen LogP contribution in [0.15, 0.2) is 0 Å². The van der Waals surface area contributed by atoms with Crippen LogP contribution in [-0.2, 0) is 0 Å². The molecule has 1 fully saturated rings. The second kappa shape index (κ2) is 8.19. The Kier molecular flexibility index (Phi) is 6.25. The molecule has 0 spiro atoms. The SMILES string of the molecule is CCNCCCNC(=O)c1sc(N2CCCCC2)nc1N. The standard InChI is InChI=1S/C14H25N5OS/c1-2-16-7-6-8-17-13(20)11-12(15)18-14(21-11)19-9-4-3-5-10-19/h16H,2-10,15H2,1H3,(H,17,20). The van der Waals surface area contributed by atoms with Crippen LogP contribution in [0.2, 0.25) is 0 Å². The Labute approximate surface area is 130 Å². The second-order valence-corrected chi connectivity index (χ2v) is 6.20. The molecule has 118 valence electrons. The third-order valence-electron chi connectivity index (χ3n) is 3.54. The third-order valence-corrected chi connectivity index (χ3v) is 4.67. The molecule has 1 aliphatic rings. The number of aromatic nitrogens is 1. The molecule has 21 heavy (non-hydrogen) atoms. The van der Waals surface area contributed by atoms with Crippen LogP contribution in [0, 0.1) is 0 Å². The molecule has 0 aliphatic carbocycles. The summed E-state index contributed by atoms with van der Waals surface area (Å²) in [6, 6.07) is 0. The fraction of sp³-hybridized carbons (Fsp3) is 0.714. The number of hydrogen-bond donors (Lipinski definition) is 3. The number of hydrogen-bond acceptors (Lipinski definition) is 6. The summed E-state index contributed by atoms with van der Waals surface area (Å²) in [5, 5.41) is 7.02. The molecule has 1 amide bonds. The quantitative estimate of drug-likeness (QED) is 0.664. The smallest absolute Gasteiger partial charge is 0.265 e. The van der Waals surface area contributed by atoms with Crippen LogP contribution in [0.3, 0.4) is 0 Å². The number of amides is 1. The highest BCUT2D eigenvalue weighted by atomic mass is 32.1. The molecule has 1 aliphatic heterocycles. The van der Waals surface area contributed by atoms with E-state index in [0.717, 1.165) is 37.7 Å². The van der Waals surface area contributed by atoms with E-state index in [9.17, 15) is 4.79 Å². The highest BCUT2D eigenvalue weighted by molar-refractivity contribution is 7.18. The first-order chi connectivity index (χ1) is 10.2. The van der Waals surface area contributed by atoms with Gasteiger partial charge in [0.05, 0.1) is 0 Å². The number of carbonyl (C=O) groups excluding carboxylic acids is 1. The van der Waals surface area contributed by atoms with Gasteiger partial charge in [0.15, 0.2) is 5.13 Å². The lowest BCUT2D eigenvalue weighted by Gasteiger charge is -2.25. The Balaban J connectivity index is 1.87. The summed E-state index contributed by atoms with van der Waals surface area (Å²) in [5.41, 5.74) is 5.90. The fourth-order valence-corrected chi connectivity index (χ4v) is 3.33. The van der Waals surface area contributed by atoms with Crippen molar-refractivity contribution in [2.24, 2.45) is 0 Å². The lowest BCUT2D eigenvalue weighted by molar-refractivity contribution is 0.0958. The first-order valence-electron chi connectivity index (χ1n) is 7.72. The number of rotatable bonds is 7. The zero-order valence-electron chi connectivity index (χ0n) is 12.7. The Morgan fingerprint density at radius 1 is 1.33 bits per heavy atom. The summed E-state index contributed by atoms with van der Waals surface area (Å²) in [6.07, 6.45) is 4.56. The van der Waals surface area contributed by atoms with Crippen molar-refractivity contribution in [3.8, 4) is 0 Å². The summed E-state index contributed by atoms with van der Waals surface area (Å²) in [5.74, 6) is 0.245. The normalized spacial score (nSPS) is 15.2. The van der Waals surface area contributed by atoms with Gasteiger partial charge in [0.25, 0.3) is 5.91 Å². The zero-order valence-corrected chi connectivity index (χ0v) is 13.5. The number of anilines is 2. The van der Waals surface area contributed by atoms with E-state index in [2.05, 4.69) is 27.4 Å². The minimum atomic E-state index is -0.107. The number of nitrogens with one attached hydrogen (secondary N) is 2. The lowest BCUT2D eigenvalue weighted by Crippen LogP contribution is -2.29. The van der Waals surface area contributed by atoms with Crippen LogP contribution in [0.25, 0.3) is 0 Å². The number of thiazole rings is 1. The van der Waals surface area contributed by atoms with Gasteiger partial charge in [0.1, 0.15) is 10.7 Å². The molecule has 0 unspecified atom stereocenters. The predicted molar refractivity (Wildman–Crippen MR) is 88.1 cm³/mol. The van der Waals surface area contributed by atoms with E-state index in [1.807, 2.05) is 0 Å². The maximum Gasteiger partial charge on any atom is 0.265 e. The highest BCUT2D eigenvalue weighted by Crippen LogP contribution is 2.29. The zero-order chi connectivity index (χ0) is 15.1. The fourth-order valence-electron chi connectivity index (χ4n) is 2.38. The second-order valence-electron chi connectivity index (χ2n) is 5.22. The molecule has 0 saturated carbocycles. The van der Waals surface area contributed by atoms with Gasteiger partial charge in [0.2, 0.25) is 0 Å². The van der Waals surface area contributed by atoms with Gasteiger partial charge in [-0.05, 0) is 38.8 Å². The molecule has 4 N–H and O–H groups in total. The van der Waals surface area contributed by atoms with Gasteiger partial charge in [-0.3, -0.25) is 4.79 Å². The van der Waals surface area contributed by atoms with Gasteiger partial charge >= 0.3 is 0 Å². The Hall–Kier alpha value is -1.34. The van der Waals surface area contributed by atoms with E-state index in [4.69, 9.17) is 5.73 Å². The van der Waals surface area contributed by atoms with Gasteiger partial charge in [-0.15, -0.1) is 0 Å². The maximum atomic E-state index is 12.1. The molecule has 1 aromatic rings. The van der Waals surface area contributed by atoms with E-state index >= 15 is 0 Å². The lowest BCUT2D eigenvalue weighted by atomic mass is 10.1. The van der Waals surface area contributed by atoms with E-state index in [-0.39, 0.29) is 5.91 Å². The molecule has 6 nitrogen and oxygen atoms in total. The van der Waals surface area contributed by atoms with E-state index in [0.29, 0.717) is 17.2 Å². The van der Waals surface area contributed by atoms with E-state index in [1.54, 1.807) is 0 Å². The van der Waals surface area contributed by atoms with Crippen molar-refractivity contribution in [1.29, 1.82) is 0 Å². The summed E-state index contributed by atoms with van der Waals surface area (Å²) in [4.78, 5) is 19.3. The highest BCUT2D eigenvalue weighted by Gasteiger charge is 2.20. The average Bonchev–Trinajstić information content (AvgIpc) is 2.90. The largest absolute Gasteiger partial charge is 0.382 e. The van der Waals surface area contributed by atoms with Crippen molar-refractivity contribution < 1.29 is 4.79 Å². The molecular formula is C14H25N5OS. The van der Waals surface area contributed by atoms with Crippen LogP contribution < -0.4 is 21.3 Å². The van der Waals surface area contributed by atoms with Gasteiger partial charge in [-0.25, -0.2) is 4.98 Å². The Bertz CT molecular complexity index is 456. The number of nitrogen functional groups attached to an aromatic ring is 1. The van der Waals surface area contributed by atoms with Gasteiger partial charge in [-0.2, -0.15) is 0 Å². The van der Waals surface area contributed by atoms with Crippen LogP contribution >= 0.6 is 11.3 Å². The molecule has 0 atom stereocenters. The Morgan fingerprint density at radius 2 is 2.10 bits per heavy atom. The van der Waals surface area contributed by atoms with Gasteiger partial charge in [0, 0.05) is 19.6 Å². The van der Waals surface area contributed by atoms with Crippen LogP contribution in [0.4, 0.5) is 10.9 Å². The third kappa shape index (κ3) is 4.57. The van der Waals surface area contributed by atoms with Crippen molar-refractivity contribution >= 4 is 28.2 Å². The van der Waals surface area contributed by atoms with Crippen molar-refractivity contribution in [2.45, 2.75) is 32.6 Å². The van der Waals surface area contributed by atoms with E-state index < -0.39 is 0 Å². The average molecular weight is 311 g/mol. The summed E-state index contributed by atoms with van der Waals surface area (Å²) < 4.78 is 0. The van der Waals surface area contributed by atoms with Crippen molar-refractivity contribution in [2.75, 3.05) is 43.4 Å². The molecule has 1 saturated heterocycles. The summed E-state index contributed by atoms with van der Waals surface area (Å²) in [6.45, 7) is 6.61. The van der Waals surface area contributed by atoms with Gasteiger partial charge < -0.3 is 21.3 Å². The predicted octanol–water partition coefficient (Wildman–Crippen LogP) is 1.44. The number of nitrogens with zero attached hydrogens (tertiary/aromatic N) is 2. The van der Waals surface area contributed by atoms with Crippen LogP contribution in [0.5, 0.6) is 0 Å². The number of carbonyl (C=O) groups is 1. The van der Waals surface area contributed by atoms with E-state index in [1.165, 1.54) is 30.6 Å². The first kappa shape index (κ1) is 16.0. The van der Waals surface area contributed by atoms with Crippen molar-refractivity contribution in [3.63, 3.8) is 0 Å². The molecule has 0 aromatic carbocycles. The molecule has 2 heterocycles. The summed E-state index contributed by atoms with van der Waals surface area (Å²) >= 11 is 1.40. The van der Waals surface area contributed by atoms with Gasteiger partial charge in [-0.1, -0.05) is 18.3 Å². The number of nitrogens with two attached hydrogens (primary N) is 1. The van der Waals surface area contributed by atoms with Crippen LogP contribution in [-0.4, -0.2) is 43.6 Å². The topological polar surface area (TPSA) is 83.3 Å². The summed E-state index contributed by atoms with van der Waals surface area (Å²) in [7, 11) is 0. The Morgan fingerprint density at radius 3 is 2.81 bits per heavy atom. The van der Waals surface area contributed by atoms with Crippen LogP contribution in [0.1, 0.15) is 42.3 Å². The monoisotopic (exact) mass is 311 g/mol. The minimum absolute atomic E-state index is 0.107. The molecule has 0 bridgehead atoms. The molecule has 2 rings (SSSR count). The molecule has 1 aromatic heterocycles. The minimum Gasteiger partial charge on any atom is -0.382 e. The van der Waals surface area contributed by atoms with Crippen molar-refractivity contribution in [1.82, 2.24) is 15.6 Å². The maximum absolute atomic E-state index is 12.1. The first-order valence-corrected chi connectivity index (χ1v) is 8.54. The number of piperidine rings is 1. The molecular weight excluding hydrogens is 286 g/mol.